The van der Waals surface area contributed by atoms with Crippen molar-refractivity contribution in [3.63, 3.8) is 0 Å². The van der Waals surface area contributed by atoms with Gasteiger partial charge in [0.2, 0.25) is 0 Å². The van der Waals surface area contributed by atoms with Gasteiger partial charge in [0, 0.05) is 5.33 Å². The Bertz CT molecular complexity index is 132. The predicted molar refractivity (Wildman–Crippen MR) is 46.9 cm³/mol. The fraction of sp³-hybridized carbons (Fsp3) is 0.250. The van der Waals surface area contributed by atoms with Crippen molar-refractivity contribution in [3.05, 3.63) is 36.5 Å². The first-order valence-electron chi connectivity index (χ1n) is 2.82. The first-order valence-corrected chi connectivity index (χ1v) is 3.94. The van der Waals surface area contributed by atoms with Crippen molar-refractivity contribution in [1.29, 1.82) is 0 Å². The lowest BCUT2D eigenvalue weighted by Crippen LogP contribution is -1.71. The molecule has 0 saturated carbocycles. The Morgan fingerprint density at radius 1 is 1.56 bits per heavy atom. The van der Waals surface area contributed by atoms with Crippen LogP contribution in [0.1, 0.15) is 6.92 Å². The molecule has 1 heteroatoms. The minimum Gasteiger partial charge on any atom is -0.0991 e. The molecule has 0 aromatic rings. The Hall–Kier alpha value is -0.300. The van der Waals surface area contributed by atoms with Crippen molar-refractivity contribution in [2.75, 3.05) is 5.33 Å². The molecule has 50 valence electrons. The molecule has 9 heavy (non-hydrogen) atoms. The Balaban J connectivity index is 3.67. The molecule has 0 aliphatic carbocycles. The summed E-state index contributed by atoms with van der Waals surface area (Å²) in [5, 5.41) is 0.939. The number of alkyl halides is 1. The molecule has 0 N–H and O–H groups in total. The van der Waals surface area contributed by atoms with Gasteiger partial charge in [0.25, 0.3) is 0 Å². The van der Waals surface area contributed by atoms with E-state index in [0.29, 0.717) is 0 Å². The zero-order valence-corrected chi connectivity index (χ0v) is 7.19. The maximum absolute atomic E-state index is 3.56. The quantitative estimate of drug-likeness (QED) is 0.470. The molecule has 0 heterocycles. The minimum absolute atomic E-state index is 0.939. The fourth-order valence-electron chi connectivity index (χ4n) is 0.343. The van der Waals surface area contributed by atoms with E-state index in [4.69, 9.17) is 0 Å². The maximum Gasteiger partial charge on any atom is 0.0242 e. The van der Waals surface area contributed by atoms with Crippen molar-refractivity contribution >= 4 is 15.9 Å². The molecular formula is C8H11Br. The van der Waals surface area contributed by atoms with E-state index >= 15 is 0 Å². The van der Waals surface area contributed by atoms with Crippen LogP contribution in [0.2, 0.25) is 0 Å². The lowest BCUT2D eigenvalue weighted by atomic mass is 10.3. The van der Waals surface area contributed by atoms with Gasteiger partial charge in [0.05, 0.1) is 0 Å². The highest BCUT2D eigenvalue weighted by atomic mass is 79.9. The van der Waals surface area contributed by atoms with Crippen LogP contribution >= 0.6 is 15.9 Å². The highest BCUT2D eigenvalue weighted by molar-refractivity contribution is 9.09. The molecule has 0 aliphatic rings. The molecule has 0 spiro atoms. The summed E-state index contributed by atoms with van der Waals surface area (Å²) in [7, 11) is 0. The molecule has 0 nitrogen and oxygen atoms in total. The third-order valence-electron chi connectivity index (χ3n) is 0.839. The predicted octanol–water partition coefficient (Wildman–Crippen LogP) is 3.07. The molecule has 0 aromatic heterocycles. The Morgan fingerprint density at radius 3 is 2.67 bits per heavy atom. The van der Waals surface area contributed by atoms with E-state index in [2.05, 4.69) is 35.5 Å². The van der Waals surface area contributed by atoms with Crippen LogP contribution in [0.25, 0.3) is 0 Å². The fourth-order valence-corrected chi connectivity index (χ4v) is 0.530. The minimum atomic E-state index is 0.939. The zero-order valence-electron chi connectivity index (χ0n) is 5.60. The summed E-state index contributed by atoms with van der Waals surface area (Å²) in [6.07, 6.45) is 7.70. The van der Waals surface area contributed by atoms with Crippen molar-refractivity contribution < 1.29 is 0 Å². The SMILES string of the molecule is C=C/C=C\C=C(/C)CBr. The van der Waals surface area contributed by atoms with Gasteiger partial charge < -0.3 is 0 Å². The van der Waals surface area contributed by atoms with Crippen molar-refractivity contribution in [2.24, 2.45) is 0 Å². The largest absolute Gasteiger partial charge is 0.0991 e. The van der Waals surface area contributed by atoms with Crippen molar-refractivity contribution in [3.8, 4) is 0 Å². The van der Waals surface area contributed by atoms with Crippen LogP contribution in [0.5, 0.6) is 0 Å². The van der Waals surface area contributed by atoms with E-state index in [1.54, 1.807) is 6.08 Å². The average Bonchev–Trinajstić information content (AvgIpc) is 1.89. The first kappa shape index (κ1) is 8.70. The molecule has 0 atom stereocenters. The molecule has 0 saturated heterocycles. The summed E-state index contributed by atoms with van der Waals surface area (Å²) in [5.74, 6) is 0. The van der Waals surface area contributed by atoms with E-state index in [-0.39, 0.29) is 0 Å². The second-order valence-electron chi connectivity index (χ2n) is 1.77. The summed E-state index contributed by atoms with van der Waals surface area (Å²) in [6, 6.07) is 0. The van der Waals surface area contributed by atoms with E-state index < -0.39 is 0 Å². The number of hydrogen-bond donors (Lipinski definition) is 0. The molecule has 0 rings (SSSR count). The molecule has 0 radical (unpaired) electrons. The van der Waals surface area contributed by atoms with Crippen LogP contribution < -0.4 is 0 Å². The topological polar surface area (TPSA) is 0 Å². The Labute approximate surface area is 65.1 Å². The van der Waals surface area contributed by atoms with Crippen LogP contribution in [-0.2, 0) is 0 Å². The molecule has 0 fully saturated rings. The van der Waals surface area contributed by atoms with Gasteiger partial charge in [-0.05, 0) is 6.92 Å². The van der Waals surface area contributed by atoms with Gasteiger partial charge in [-0.2, -0.15) is 0 Å². The van der Waals surface area contributed by atoms with Crippen molar-refractivity contribution in [2.45, 2.75) is 6.92 Å². The van der Waals surface area contributed by atoms with Crippen LogP contribution in [0.3, 0.4) is 0 Å². The van der Waals surface area contributed by atoms with Gasteiger partial charge in [-0.1, -0.05) is 52.4 Å². The van der Waals surface area contributed by atoms with Crippen LogP contribution in [0, 0.1) is 0 Å². The van der Waals surface area contributed by atoms with E-state index in [1.165, 1.54) is 5.57 Å². The van der Waals surface area contributed by atoms with Gasteiger partial charge in [0.1, 0.15) is 0 Å². The van der Waals surface area contributed by atoms with Gasteiger partial charge in [-0.15, -0.1) is 0 Å². The number of halogens is 1. The van der Waals surface area contributed by atoms with Gasteiger partial charge >= 0.3 is 0 Å². The van der Waals surface area contributed by atoms with Crippen LogP contribution in [0.15, 0.2) is 36.5 Å². The van der Waals surface area contributed by atoms with Crippen LogP contribution in [-0.4, -0.2) is 5.33 Å². The molecular weight excluding hydrogens is 176 g/mol. The van der Waals surface area contributed by atoms with E-state index in [1.807, 2.05) is 12.2 Å². The van der Waals surface area contributed by atoms with Crippen LogP contribution in [0.4, 0.5) is 0 Å². The summed E-state index contributed by atoms with van der Waals surface area (Å²) >= 11 is 3.34. The first-order chi connectivity index (χ1) is 4.31. The number of allylic oxidation sites excluding steroid dienone is 5. The highest BCUT2D eigenvalue weighted by Crippen LogP contribution is 1.96. The molecule has 0 bridgehead atoms. The average molecular weight is 187 g/mol. The smallest absolute Gasteiger partial charge is 0.0242 e. The van der Waals surface area contributed by atoms with Gasteiger partial charge in [-0.25, -0.2) is 0 Å². The molecule has 0 aliphatic heterocycles. The molecule has 0 amide bonds. The Morgan fingerprint density at radius 2 is 2.22 bits per heavy atom. The van der Waals surface area contributed by atoms with Gasteiger partial charge in [0.15, 0.2) is 0 Å². The van der Waals surface area contributed by atoms with Gasteiger partial charge in [-0.3, -0.25) is 0 Å². The van der Waals surface area contributed by atoms with E-state index in [0.717, 1.165) is 5.33 Å². The second kappa shape index (κ2) is 5.83. The van der Waals surface area contributed by atoms with Crippen molar-refractivity contribution in [1.82, 2.24) is 0 Å². The maximum atomic E-state index is 3.56. The third-order valence-corrected chi connectivity index (χ3v) is 1.72. The molecule has 0 aromatic carbocycles. The normalized spacial score (nSPS) is 12.4. The summed E-state index contributed by atoms with van der Waals surface area (Å²) in [4.78, 5) is 0. The Kier molecular flexibility index (Phi) is 5.64. The number of rotatable bonds is 3. The summed E-state index contributed by atoms with van der Waals surface area (Å²) in [6.45, 7) is 5.63. The number of hydrogen-bond acceptors (Lipinski definition) is 0. The zero-order chi connectivity index (χ0) is 7.11. The lowest BCUT2D eigenvalue weighted by molar-refractivity contribution is 1.42. The highest BCUT2D eigenvalue weighted by Gasteiger charge is 1.77. The monoisotopic (exact) mass is 186 g/mol. The lowest BCUT2D eigenvalue weighted by Gasteiger charge is -1.85. The summed E-state index contributed by atoms with van der Waals surface area (Å²) < 4.78 is 0. The second-order valence-corrected chi connectivity index (χ2v) is 2.33. The van der Waals surface area contributed by atoms with E-state index in [9.17, 15) is 0 Å². The molecule has 0 unspecified atom stereocenters. The third kappa shape index (κ3) is 5.57. The standard InChI is InChI=1S/C8H11Br/c1-3-4-5-6-8(2)7-9/h3-6H,1,7H2,2H3/b5-4-,8-6+. The summed E-state index contributed by atoms with van der Waals surface area (Å²) in [5.41, 5.74) is 1.31.